The molecule has 106 valence electrons. The highest BCUT2D eigenvalue weighted by atomic mass is 32.2. The van der Waals surface area contributed by atoms with E-state index in [1.807, 2.05) is 0 Å². The molecular weight excluding hydrogens is 238 g/mol. The molecule has 2 aliphatic carbocycles. The van der Waals surface area contributed by atoms with Crippen molar-refractivity contribution in [2.75, 3.05) is 12.8 Å². The van der Waals surface area contributed by atoms with Crippen molar-refractivity contribution in [3.05, 3.63) is 0 Å². The second-order valence-electron chi connectivity index (χ2n) is 6.73. The zero-order chi connectivity index (χ0) is 13.0. The SMILES string of the molecule is CNC1CCC(C(C)C)CC1SCC1CCCC1. The van der Waals surface area contributed by atoms with Crippen LogP contribution in [0.4, 0.5) is 0 Å². The first kappa shape index (κ1) is 14.7. The first-order valence-electron chi connectivity index (χ1n) is 7.99. The molecule has 2 saturated carbocycles. The Morgan fingerprint density at radius 3 is 2.44 bits per heavy atom. The van der Waals surface area contributed by atoms with Gasteiger partial charge in [-0.05, 0) is 62.7 Å². The fourth-order valence-corrected chi connectivity index (χ4v) is 5.46. The molecule has 2 rings (SSSR count). The van der Waals surface area contributed by atoms with Gasteiger partial charge in [0.05, 0.1) is 0 Å². The van der Waals surface area contributed by atoms with Gasteiger partial charge in [0.2, 0.25) is 0 Å². The molecule has 0 radical (unpaired) electrons. The lowest BCUT2D eigenvalue weighted by Crippen LogP contribution is -2.42. The summed E-state index contributed by atoms with van der Waals surface area (Å²) >= 11 is 2.29. The van der Waals surface area contributed by atoms with E-state index in [0.29, 0.717) is 0 Å². The van der Waals surface area contributed by atoms with Gasteiger partial charge in [0, 0.05) is 11.3 Å². The van der Waals surface area contributed by atoms with Crippen molar-refractivity contribution in [1.82, 2.24) is 5.32 Å². The number of rotatable bonds is 5. The largest absolute Gasteiger partial charge is 0.316 e. The fraction of sp³-hybridized carbons (Fsp3) is 1.00. The Morgan fingerprint density at radius 2 is 1.83 bits per heavy atom. The van der Waals surface area contributed by atoms with E-state index in [-0.39, 0.29) is 0 Å². The normalized spacial score (nSPS) is 34.3. The van der Waals surface area contributed by atoms with Crippen LogP contribution in [0.25, 0.3) is 0 Å². The second-order valence-corrected chi connectivity index (χ2v) is 8.01. The lowest BCUT2D eigenvalue weighted by molar-refractivity contribution is 0.251. The van der Waals surface area contributed by atoms with Crippen LogP contribution in [0, 0.1) is 17.8 Å². The predicted octanol–water partition coefficient (Wildman–Crippen LogP) is 4.32. The molecule has 1 N–H and O–H groups in total. The number of nitrogens with one attached hydrogen (secondary N) is 1. The minimum Gasteiger partial charge on any atom is -0.316 e. The number of hydrogen-bond donors (Lipinski definition) is 1. The van der Waals surface area contributed by atoms with Crippen molar-refractivity contribution < 1.29 is 0 Å². The lowest BCUT2D eigenvalue weighted by atomic mass is 9.79. The summed E-state index contributed by atoms with van der Waals surface area (Å²) < 4.78 is 0. The Balaban J connectivity index is 1.81. The molecule has 2 heteroatoms. The third-order valence-corrected chi connectivity index (χ3v) is 6.78. The van der Waals surface area contributed by atoms with Crippen molar-refractivity contribution in [3.63, 3.8) is 0 Å². The van der Waals surface area contributed by atoms with E-state index in [1.54, 1.807) is 0 Å². The van der Waals surface area contributed by atoms with E-state index in [4.69, 9.17) is 0 Å². The van der Waals surface area contributed by atoms with Gasteiger partial charge in [-0.1, -0.05) is 26.7 Å². The molecule has 0 aromatic rings. The molecule has 2 aliphatic rings. The molecule has 0 heterocycles. The molecule has 0 aliphatic heterocycles. The summed E-state index contributed by atoms with van der Waals surface area (Å²) in [6.45, 7) is 4.81. The predicted molar refractivity (Wildman–Crippen MR) is 83.2 cm³/mol. The molecule has 0 bridgehead atoms. The van der Waals surface area contributed by atoms with Crippen molar-refractivity contribution in [3.8, 4) is 0 Å². The molecule has 0 aromatic carbocycles. The van der Waals surface area contributed by atoms with Gasteiger partial charge < -0.3 is 5.32 Å². The van der Waals surface area contributed by atoms with E-state index < -0.39 is 0 Å². The number of thioether (sulfide) groups is 1. The van der Waals surface area contributed by atoms with Crippen LogP contribution in [-0.4, -0.2) is 24.1 Å². The highest BCUT2D eigenvalue weighted by molar-refractivity contribution is 7.99. The third-order valence-electron chi connectivity index (χ3n) is 5.17. The Kier molecular flexibility index (Phi) is 5.88. The first-order valence-corrected chi connectivity index (χ1v) is 9.04. The highest BCUT2D eigenvalue weighted by Crippen LogP contribution is 2.38. The molecule has 1 nitrogen and oxygen atoms in total. The zero-order valence-corrected chi connectivity index (χ0v) is 13.3. The maximum atomic E-state index is 3.57. The van der Waals surface area contributed by atoms with Crippen LogP contribution in [0.5, 0.6) is 0 Å². The Morgan fingerprint density at radius 1 is 1.11 bits per heavy atom. The van der Waals surface area contributed by atoms with E-state index in [1.165, 1.54) is 50.7 Å². The maximum Gasteiger partial charge on any atom is 0.0203 e. The number of hydrogen-bond acceptors (Lipinski definition) is 2. The van der Waals surface area contributed by atoms with Gasteiger partial charge in [0.1, 0.15) is 0 Å². The van der Waals surface area contributed by atoms with Crippen LogP contribution in [0.2, 0.25) is 0 Å². The maximum absolute atomic E-state index is 3.57. The smallest absolute Gasteiger partial charge is 0.0203 e. The molecule has 0 spiro atoms. The van der Waals surface area contributed by atoms with E-state index in [0.717, 1.165) is 29.0 Å². The topological polar surface area (TPSA) is 12.0 Å². The monoisotopic (exact) mass is 269 g/mol. The van der Waals surface area contributed by atoms with Crippen LogP contribution in [0.1, 0.15) is 58.8 Å². The van der Waals surface area contributed by atoms with Crippen molar-refractivity contribution in [1.29, 1.82) is 0 Å². The van der Waals surface area contributed by atoms with E-state index in [2.05, 4.69) is 38.0 Å². The quantitative estimate of drug-likeness (QED) is 0.797. The molecule has 2 fully saturated rings. The average molecular weight is 269 g/mol. The van der Waals surface area contributed by atoms with Gasteiger partial charge in [0.25, 0.3) is 0 Å². The lowest BCUT2D eigenvalue weighted by Gasteiger charge is -2.37. The summed E-state index contributed by atoms with van der Waals surface area (Å²) in [6.07, 6.45) is 10.2. The van der Waals surface area contributed by atoms with Crippen LogP contribution in [0.15, 0.2) is 0 Å². The van der Waals surface area contributed by atoms with E-state index in [9.17, 15) is 0 Å². The average Bonchev–Trinajstić information content (AvgIpc) is 2.89. The van der Waals surface area contributed by atoms with Crippen molar-refractivity contribution in [2.45, 2.75) is 70.1 Å². The van der Waals surface area contributed by atoms with Crippen molar-refractivity contribution in [2.24, 2.45) is 17.8 Å². The standard InChI is InChI=1S/C16H31NS/c1-12(2)14-8-9-15(17-3)16(10-14)18-11-13-6-4-5-7-13/h12-17H,4-11H2,1-3H3. The first-order chi connectivity index (χ1) is 8.70. The Bertz CT molecular complexity index is 235. The molecule has 3 unspecified atom stereocenters. The molecule has 0 saturated heterocycles. The fourth-order valence-electron chi connectivity index (χ4n) is 3.72. The third kappa shape index (κ3) is 3.90. The highest BCUT2D eigenvalue weighted by Gasteiger charge is 2.31. The minimum atomic E-state index is 0.770. The molecule has 3 atom stereocenters. The van der Waals surface area contributed by atoms with Gasteiger partial charge in [-0.15, -0.1) is 0 Å². The Labute approximate surface area is 118 Å². The van der Waals surface area contributed by atoms with Gasteiger partial charge in [-0.2, -0.15) is 11.8 Å². The van der Waals surface area contributed by atoms with Crippen LogP contribution < -0.4 is 5.32 Å². The van der Waals surface area contributed by atoms with Gasteiger partial charge in [0.15, 0.2) is 0 Å². The van der Waals surface area contributed by atoms with Crippen LogP contribution in [0.3, 0.4) is 0 Å². The summed E-state index contributed by atoms with van der Waals surface area (Å²) in [4.78, 5) is 0. The molecule has 0 aromatic heterocycles. The van der Waals surface area contributed by atoms with Gasteiger partial charge >= 0.3 is 0 Å². The summed E-state index contributed by atoms with van der Waals surface area (Å²) in [7, 11) is 2.16. The van der Waals surface area contributed by atoms with E-state index >= 15 is 0 Å². The zero-order valence-electron chi connectivity index (χ0n) is 12.5. The van der Waals surface area contributed by atoms with Gasteiger partial charge in [-0.3, -0.25) is 0 Å². The van der Waals surface area contributed by atoms with Crippen LogP contribution >= 0.6 is 11.8 Å². The molecule has 18 heavy (non-hydrogen) atoms. The molecular formula is C16H31NS. The molecule has 0 amide bonds. The second kappa shape index (κ2) is 7.19. The van der Waals surface area contributed by atoms with Crippen LogP contribution in [-0.2, 0) is 0 Å². The summed E-state index contributed by atoms with van der Waals surface area (Å²) in [5.74, 6) is 4.30. The van der Waals surface area contributed by atoms with Crippen molar-refractivity contribution >= 4 is 11.8 Å². The summed E-state index contributed by atoms with van der Waals surface area (Å²) in [6, 6.07) is 0.770. The van der Waals surface area contributed by atoms with Gasteiger partial charge in [-0.25, -0.2) is 0 Å². The summed E-state index contributed by atoms with van der Waals surface area (Å²) in [5, 5.41) is 4.44. The Hall–Kier alpha value is 0.310. The minimum absolute atomic E-state index is 0.770. The summed E-state index contributed by atoms with van der Waals surface area (Å²) in [5.41, 5.74) is 0.